The van der Waals surface area contributed by atoms with Gasteiger partial charge in [0, 0.05) is 17.3 Å². The van der Waals surface area contributed by atoms with Gasteiger partial charge in [-0.15, -0.1) is 11.3 Å². The van der Waals surface area contributed by atoms with Crippen LogP contribution in [0, 0.1) is 0 Å². The smallest absolute Gasteiger partial charge is 0.185 e. The molecule has 0 N–H and O–H groups in total. The lowest BCUT2D eigenvalue weighted by Gasteiger charge is -2.00. The number of hydrogen-bond acceptors (Lipinski definition) is 3. The van der Waals surface area contributed by atoms with Crippen LogP contribution in [0.4, 0.5) is 0 Å². The number of thiophene rings is 1. The van der Waals surface area contributed by atoms with Gasteiger partial charge in [-0.05, 0) is 12.1 Å². The van der Waals surface area contributed by atoms with E-state index >= 15 is 0 Å². The third-order valence-electron chi connectivity index (χ3n) is 1.81. The van der Waals surface area contributed by atoms with E-state index in [1.807, 2.05) is 12.1 Å². The molecule has 0 aliphatic heterocycles. The molecule has 0 atom stereocenters. The predicted molar refractivity (Wildman–Crippen MR) is 56.0 cm³/mol. The molecule has 0 fully saturated rings. The second-order valence-corrected chi connectivity index (χ2v) is 4.54. The molecule has 2 rings (SSSR count). The van der Waals surface area contributed by atoms with Gasteiger partial charge < -0.3 is 4.57 Å². The van der Waals surface area contributed by atoms with Crippen LogP contribution in [-0.4, -0.2) is 15.8 Å². The Hall–Kier alpha value is -1.13. The van der Waals surface area contributed by atoms with Crippen LogP contribution in [0.2, 0.25) is 4.34 Å². The van der Waals surface area contributed by atoms with Crippen molar-refractivity contribution in [3.05, 3.63) is 39.6 Å². The Balaban J connectivity index is 2.22. The first-order valence-electron chi connectivity index (χ1n) is 4.00. The van der Waals surface area contributed by atoms with Gasteiger partial charge in [0.15, 0.2) is 12.1 Å². The molecule has 2 heterocycles. The van der Waals surface area contributed by atoms with Gasteiger partial charge in [-0.2, -0.15) is 0 Å². The zero-order chi connectivity index (χ0) is 9.97. The standard InChI is InChI=1S/C9H7ClN2OS/c10-8-2-1-7(14-8)5-12-4-3-11-9(12)6-13/h1-4,6H,5H2. The number of carbonyl (C=O) groups excluding carboxylic acids is 1. The van der Waals surface area contributed by atoms with Gasteiger partial charge in [0.05, 0.1) is 10.9 Å². The lowest BCUT2D eigenvalue weighted by atomic mass is 10.4. The maximum atomic E-state index is 10.6. The lowest BCUT2D eigenvalue weighted by molar-refractivity contribution is 0.111. The molecule has 2 aromatic heterocycles. The molecule has 0 aliphatic carbocycles. The van der Waals surface area contributed by atoms with Gasteiger partial charge >= 0.3 is 0 Å². The number of nitrogens with zero attached hydrogens (tertiary/aromatic N) is 2. The summed E-state index contributed by atoms with van der Waals surface area (Å²) in [5.41, 5.74) is 0. The molecule has 2 aromatic rings. The zero-order valence-electron chi connectivity index (χ0n) is 7.18. The van der Waals surface area contributed by atoms with Gasteiger partial charge in [0.1, 0.15) is 0 Å². The Morgan fingerprint density at radius 2 is 2.43 bits per heavy atom. The third-order valence-corrected chi connectivity index (χ3v) is 3.02. The number of aldehydes is 1. The molecule has 0 spiro atoms. The molecule has 0 aliphatic rings. The van der Waals surface area contributed by atoms with Crippen LogP contribution in [0.3, 0.4) is 0 Å². The largest absolute Gasteiger partial charge is 0.324 e. The number of rotatable bonds is 3. The molecule has 0 aromatic carbocycles. The first-order valence-corrected chi connectivity index (χ1v) is 5.19. The summed E-state index contributed by atoms with van der Waals surface area (Å²) in [5, 5.41) is 0. The highest BCUT2D eigenvalue weighted by Crippen LogP contribution is 2.22. The Labute approximate surface area is 90.0 Å². The lowest BCUT2D eigenvalue weighted by Crippen LogP contribution is -2.01. The molecular weight excluding hydrogens is 220 g/mol. The van der Waals surface area contributed by atoms with Crippen molar-refractivity contribution in [3.63, 3.8) is 0 Å². The summed E-state index contributed by atoms with van der Waals surface area (Å²) in [4.78, 5) is 15.6. The monoisotopic (exact) mass is 226 g/mol. The van der Waals surface area contributed by atoms with Crippen molar-refractivity contribution in [2.45, 2.75) is 6.54 Å². The molecule has 14 heavy (non-hydrogen) atoms. The van der Waals surface area contributed by atoms with Crippen LogP contribution in [0.15, 0.2) is 24.5 Å². The van der Waals surface area contributed by atoms with Gasteiger partial charge in [-0.25, -0.2) is 4.98 Å². The van der Waals surface area contributed by atoms with E-state index in [1.165, 1.54) is 11.3 Å². The van der Waals surface area contributed by atoms with Crippen molar-refractivity contribution in [1.29, 1.82) is 0 Å². The van der Waals surface area contributed by atoms with Crippen molar-refractivity contribution in [2.75, 3.05) is 0 Å². The SMILES string of the molecule is O=Cc1nccn1Cc1ccc(Cl)s1. The van der Waals surface area contributed by atoms with E-state index in [9.17, 15) is 4.79 Å². The quantitative estimate of drug-likeness (QED) is 0.754. The topological polar surface area (TPSA) is 34.9 Å². The number of carbonyl (C=O) groups is 1. The van der Waals surface area contributed by atoms with Gasteiger partial charge in [0.25, 0.3) is 0 Å². The van der Waals surface area contributed by atoms with Gasteiger partial charge in [0.2, 0.25) is 0 Å². The Morgan fingerprint density at radius 1 is 1.57 bits per heavy atom. The number of aromatic nitrogens is 2. The molecule has 0 saturated heterocycles. The Kier molecular flexibility index (Phi) is 2.65. The van der Waals surface area contributed by atoms with Crippen LogP contribution in [-0.2, 0) is 6.54 Å². The molecule has 0 radical (unpaired) electrons. The van der Waals surface area contributed by atoms with Gasteiger partial charge in [-0.3, -0.25) is 4.79 Å². The number of hydrogen-bond donors (Lipinski definition) is 0. The summed E-state index contributed by atoms with van der Waals surface area (Å²) in [6, 6.07) is 3.79. The van der Waals surface area contributed by atoms with Crippen molar-refractivity contribution >= 4 is 29.2 Å². The summed E-state index contributed by atoms with van der Waals surface area (Å²) in [7, 11) is 0. The minimum absolute atomic E-state index is 0.439. The fraction of sp³-hybridized carbons (Fsp3) is 0.111. The van der Waals surface area contributed by atoms with Crippen LogP contribution in [0.1, 0.15) is 15.5 Å². The maximum absolute atomic E-state index is 10.6. The van der Waals surface area contributed by atoms with Crippen LogP contribution in [0.5, 0.6) is 0 Å². The first-order chi connectivity index (χ1) is 6.79. The molecule has 0 bridgehead atoms. The fourth-order valence-corrected chi connectivity index (χ4v) is 2.26. The first kappa shape index (κ1) is 9.43. The summed E-state index contributed by atoms with van der Waals surface area (Å²) in [6.45, 7) is 0.644. The fourth-order valence-electron chi connectivity index (χ4n) is 1.18. The molecule has 0 unspecified atom stereocenters. The van der Waals surface area contributed by atoms with E-state index in [0.717, 1.165) is 15.5 Å². The van der Waals surface area contributed by atoms with Crippen LogP contribution < -0.4 is 0 Å². The number of halogens is 1. The predicted octanol–water partition coefficient (Wildman–Crippen LogP) is 2.46. The van der Waals surface area contributed by atoms with E-state index in [2.05, 4.69) is 4.98 Å². The van der Waals surface area contributed by atoms with Crippen molar-refractivity contribution in [2.24, 2.45) is 0 Å². The van der Waals surface area contributed by atoms with E-state index in [1.54, 1.807) is 17.0 Å². The van der Waals surface area contributed by atoms with E-state index < -0.39 is 0 Å². The normalized spacial score (nSPS) is 10.4. The maximum Gasteiger partial charge on any atom is 0.185 e. The molecule has 0 saturated carbocycles. The molecular formula is C9H7ClN2OS. The molecule has 3 nitrogen and oxygen atoms in total. The Bertz CT molecular complexity index is 449. The third kappa shape index (κ3) is 1.86. The highest BCUT2D eigenvalue weighted by atomic mass is 35.5. The summed E-state index contributed by atoms with van der Waals surface area (Å²) < 4.78 is 2.54. The molecule has 72 valence electrons. The summed E-state index contributed by atoms with van der Waals surface area (Å²) >= 11 is 7.30. The second kappa shape index (κ2) is 3.94. The zero-order valence-corrected chi connectivity index (χ0v) is 8.76. The highest BCUT2D eigenvalue weighted by Gasteiger charge is 2.03. The average molecular weight is 227 g/mol. The summed E-state index contributed by atoms with van der Waals surface area (Å²) in [5.74, 6) is 0.439. The molecule has 0 amide bonds. The van der Waals surface area contributed by atoms with Crippen molar-refractivity contribution < 1.29 is 4.79 Å². The van der Waals surface area contributed by atoms with E-state index in [0.29, 0.717) is 12.4 Å². The van der Waals surface area contributed by atoms with E-state index in [-0.39, 0.29) is 0 Å². The van der Waals surface area contributed by atoms with E-state index in [4.69, 9.17) is 11.6 Å². The summed E-state index contributed by atoms with van der Waals surface area (Å²) in [6.07, 6.45) is 4.13. The van der Waals surface area contributed by atoms with Crippen LogP contribution in [0.25, 0.3) is 0 Å². The Morgan fingerprint density at radius 3 is 3.07 bits per heavy atom. The van der Waals surface area contributed by atoms with Crippen molar-refractivity contribution in [3.8, 4) is 0 Å². The highest BCUT2D eigenvalue weighted by molar-refractivity contribution is 7.16. The average Bonchev–Trinajstić information content (AvgIpc) is 2.76. The molecule has 5 heteroatoms. The number of imidazole rings is 1. The second-order valence-electron chi connectivity index (χ2n) is 2.74. The van der Waals surface area contributed by atoms with Crippen molar-refractivity contribution in [1.82, 2.24) is 9.55 Å². The van der Waals surface area contributed by atoms with Crippen LogP contribution >= 0.6 is 22.9 Å². The van der Waals surface area contributed by atoms with Gasteiger partial charge in [-0.1, -0.05) is 11.6 Å². The minimum Gasteiger partial charge on any atom is -0.324 e. The minimum atomic E-state index is 0.439.